The second-order valence-electron chi connectivity index (χ2n) is 2.08. The van der Waals surface area contributed by atoms with Gasteiger partial charge in [-0.25, -0.2) is 8.42 Å². The third-order valence-electron chi connectivity index (χ3n) is 1.25. The molecule has 0 spiro atoms. The average Bonchev–Trinajstić information content (AvgIpc) is 1.87. The molecular weight excluding hydrogens is 191 g/mol. The van der Waals surface area contributed by atoms with Gasteiger partial charge in [-0.1, -0.05) is 6.08 Å². The molecular formula is C6H10ClFO2S. The summed E-state index contributed by atoms with van der Waals surface area (Å²) in [6.07, 6.45) is 1.62. The van der Waals surface area contributed by atoms with Crippen molar-refractivity contribution in [2.45, 2.75) is 18.1 Å². The number of hydrogen-bond donors (Lipinski definition) is 0. The molecule has 0 aliphatic rings. The van der Waals surface area contributed by atoms with Gasteiger partial charge in [-0.2, -0.15) is 0 Å². The van der Waals surface area contributed by atoms with Crippen LogP contribution in [0.1, 0.15) is 12.8 Å². The Bertz CT molecular complexity index is 213. The Hall–Kier alpha value is -0.0900. The molecule has 0 rings (SSSR count). The number of hydrogen-bond acceptors (Lipinski definition) is 2. The molecule has 66 valence electrons. The number of halogens is 2. The normalized spacial score (nSPS) is 14.4. The fourth-order valence-electron chi connectivity index (χ4n) is 0.652. The predicted octanol–water partition coefficient (Wildman–Crippen LogP) is 1.86. The van der Waals surface area contributed by atoms with Gasteiger partial charge in [0.25, 0.3) is 0 Å². The Morgan fingerprint density at radius 3 is 2.45 bits per heavy atom. The van der Waals surface area contributed by atoms with E-state index in [9.17, 15) is 12.8 Å². The Balaban J connectivity index is 4.08. The Labute approximate surface area is 70.5 Å². The van der Waals surface area contributed by atoms with Crippen molar-refractivity contribution in [3.8, 4) is 0 Å². The number of rotatable bonds is 5. The summed E-state index contributed by atoms with van der Waals surface area (Å²) in [5, 5.41) is -0.820. The summed E-state index contributed by atoms with van der Waals surface area (Å²) in [7, 11) is 1.41. The maximum Gasteiger partial charge on any atom is 0.239 e. The van der Waals surface area contributed by atoms with Crippen LogP contribution in [0.2, 0.25) is 0 Å². The largest absolute Gasteiger partial charge is 0.251 e. The molecule has 0 fully saturated rings. The van der Waals surface area contributed by atoms with Gasteiger partial charge in [-0.15, -0.1) is 6.58 Å². The fraction of sp³-hybridized carbons (Fsp3) is 0.667. The first-order chi connectivity index (χ1) is 5.02. The van der Waals surface area contributed by atoms with Crippen molar-refractivity contribution >= 4 is 19.7 Å². The van der Waals surface area contributed by atoms with E-state index in [1.807, 2.05) is 0 Å². The van der Waals surface area contributed by atoms with E-state index in [-0.39, 0.29) is 12.8 Å². The molecule has 0 amide bonds. The van der Waals surface area contributed by atoms with Gasteiger partial charge in [-0.3, -0.25) is 4.39 Å². The minimum Gasteiger partial charge on any atom is -0.251 e. The van der Waals surface area contributed by atoms with Crippen molar-refractivity contribution in [1.29, 1.82) is 0 Å². The van der Waals surface area contributed by atoms with Crippen LogP contribution < -0.4 is 0 Å². The molecule has 0 saturated heterocycles. The molecule has 0 aromatic carbocycles. The van der Waals surface area contributed by atoms with Crippen molar-refractivity contribution in [3.63, 3.8) is 0 Å². The summed E-state index contributed by atoms with van der Waals surface area (Å²) in [6.45, 7) is 2.76. The molecule has 5 heteroatoms. The highest BCUT2D eigenvalue weighted by atomic mass is 35.7. The summed E-state index contributed by atoms with van der Waals surface area (Å²) in [5.74, 6) is 0. The van der Waals surface area contributed by atoms with E-state index >= 15 is 0 Å². The van der Waals surface area contributed by atoms with Crippen LogP contribution in [0, 0.1) is 0 Å². The smallest absolute Gasteiger partial charge is 0.239 e. The van der Waals surface area contributed by atoms with Crippen molar-refractivity contribution in [2.24, 2.45) is 0 Å². The average molecular weight is 201 g/mol. The van der Waals surface area contributed by atoms with Crippen LogP contribution in [0.15, 0.2) is 12.7 Å². The van der Waals surface area contributed by atoms with E-state index in [2.05, 4.69) is 6.58 Å². The molecule has 0 aliphatic heterocycles. The summed E-state index contributed by atoms with van der Waals surface area (Å²) >= 11 is 0. The molecule has 1 atom stereocenters. The summed E-state index contributed by atoms with van der Waals surface area (Å²) in [4.78, 5) is 0. The molecule has 11 heavy (non-hydrogen) atoms. The van der Waals surface area contributed by atoms with Gasteiger partial charge in [0.05, 0.1) is 11.9 Å². The van der Waals surface area contributed by atoms with Crippen LogP contribution in [-0.4, -0.2) is 20.3 Å². The molecule has 1 unspecified atom stereocenters. The van der Waals surface area contributed by atoms with Crippen molar-refractivity contribution < 1.29 is 12.8 Å². The van der Waals surface area contributed by atoms with Gasteiger partial charge >= 0.3 is 0 Å². The first kappa shape index (κ1) is 10.9. The highest BCUT2D eigenvalue weighted by molar-refractivity contribution is 8.14. The molecule has 0 aromatic heterocycles. The zero-order valence-corrected chi connectivity index (χ0v) is 7.54. The molecule has 2 nitrogen and oxygen atoms in total. The van der Waals surface area contributed by atoms with Gasteiger partial charge < -0.3 is 0 Å². The minimum atomic E-state index is -3.60. The van der Waals surface area contributed by atoms with E-state index in [0.29, 0.717) is 0 Å². The lowest BCUT2D eigenvalue weighted by atomic mass is 10.2. The summed E-state index contributed by atoms with van der Waals surface area (Å²) in [6, 6.07) is 0. The van der Waals surface area contributed by atoms with E-state index in [0.717, 1.165) is 0 Å². The second kappa shape index (κ2) is 4.72. The van der Waals surface area contributed by atoms with Crippen LogP contribution in [0.25, 0.3) is 0 Å². The standard InChI is InChI=1S/C6H10ClFO2S/c1-2-6(4-3-5-8)11(7,9)10/h2,6H,1,3-5H2. The lowest BCUT2D eigenvalue weighted by molar-refractivity contribution is 0.462. The van der Waals surface area contributed by atoms with E-state index in [4.69, 9.17) is 10.7 Å². The second-order valence-corrected chi connectivity index (χ2v) is 4.93. The summed E-state index contributed by atoms with van der Waals surface area (Å²) < 4.78 is 32.9. The van der Waals surface area contributed by atoms with E-state index in [1.54, 1.807) is 0 Å². The quantitative estimate of drug-likeness (QED) is 0.502. The van der Waals surface area contributed by atoms with Gasteiger partial charge in [0.15, 0.2) is 0 Å². The molecule has 0 radical (unpaired) electrons. The monoisotopic (exact) mass is 200 g/mol. The van der Waals surface area contributed by atoms with Gasteiger partial charge in [0.2, 0.25) is 9.05 Å². The van der Waals surface area contributed by atoms with Crippen molar-refractivity contribution in [2.75, 3.05) is 6.67 Å². The first-order valence-corrected chi connectivity index (χ1v) is 5.51. The molecule has 0 bridgehead atoms. The molecule has 0 aliphatic carbocycles. The van der Waals surface area contributed by atoms with Gasteiger partial charge in [-0.05, 0) is 12.8 Å². The molecule has 0 heterocycles. The van der Waals surface area contributed by atoms with Gasteiger partial charge in [0.1, 0.15) is 0 Å². The van der Waals surface area contributed by atoms with E-state index < -0.39 is 21.0 Å². The Kier molecular flexibility index (Phi) is 4.68. The maximum absolute atomic E-state index is 11.6. The SMILES string of the molecule is C=CC(CCCF)S(=O)(=O)Cl. The van der Waals surface area contributed by atoms with Crippen LogP contribution >= 0.6 is 10.7 Å². The third-order valence-corrected chi connectivity index (χ3v) is 3.08. The number of alkyl halides is 1. The van der Waals surface area contributed by atoms with Crippen LogP contribution in [0.3, 0.4) is 0 Å². The molecule has 0 saturated carbocycles. The maximum atomic E-state index is 11.6. The van der Waals surface area contributed by atoms with Crippen LogP contribution in [-0.2, 0) is 9.05 Å². The highest BCUT2D eigenvalue weighted by Gasteiger charge is 2.18. The van der Waals surface area contributed by atoms with Crippen molar-refractivity contribution in [1.82, 2.24) is 0 Å². The summed E-state index contributed by atoms with van der Waals surface area (Å²) in [5.41, 5.74) is 0. The third kappa shape index (κ3) is 4.37. The van der Waals surface area contributed by atoms with E-state index in [1.165, 1.54) is 6.08 Å². The predicted molar refractivity (Wildman–Crippen MR) is 44.0 cm³/mol. The van der Waals surface area contributed by atoms with Crippen LogP contribution in [0.5, 0.6) is 0 Å². The fourth-order valence-corrected chi connectivity index (χ4v) is 1.82. The molecule has 0 aromatic rings. The highest BCUT2D eigenvalue weighted by Crippen LogP contribution is 2.13. The Morgan fingerprint density at radius 1 is 1.64 bits per heavy atom. The van der Waals surface area contributed by atoms with Crippen molar-refractivity contribution in [3.05, 3.63) is 12.7 Å². The molecule has 0 N–H and O–H groups in total. The lowest BCUT2D eigenvalue weighted by Gasteiger charge is -2.05. The van der Waals surface area contributed by atoms with Crippen LogP contribution in [0.4, 0.5) is 4.39 Å². The topological polar surface area (TPSA) is 34.1 Å². The first-order valence-electron chi connectivity index (χ1n) is 3.14. The zero-order valence-electron chi connectivity index (χ0n) is 5.96. The Morgan fingerprint density at radius 2 is 2.18 bits per heavy atom. The minimum absolute atomic E-state index is 0.197. The lowest BCUT2D eigenvalue weighted by Crippen LogP contribution is -2.12. The zero-order chi connectivity index (χ0) is 8.91. The van der Waals surface area contributed by atoms with Gasteiger partial charge in [0, 0.05) is 10.7 Å².